The van der Waals surface area contributed by atoms with Crippen LogP contribution in [0.3, 0.4) is 0 Å². The van der Waals surface area contributed by atoms with Crippen LogP contribution in [-0.2, 0) is 19.6 Å². The molecule has 1 heterocycles. The van der Waals surface area contributed by atoms with E-state index in [2.05, 4.69) is 4.72 Å². The van der Waals surface area contributed by atoms with Gasteiger partial charge in [-0.3, -0.25) is 0 Å². The Labute approximate surface area is 196 Å². The second kappa shape index (κ2) is 9.08. The van der Waals surface area contributed by atoms with Gasteiger partial charge in [-0.2, -0.15) is 4.72 Å². The molecule has 0 spiro atoms. The molecule has 164 valence electrons. The molecule has 3 aromatic rings. The van der Waals surface area contributed by atoms with Gasteiger partial charge in [-0.15, -0.1) is 0 Å². The highest BCUT2D eigenvalue weighted by Gasteiger charge is 2.44. The number of benzene rings is 3. The molecule has 0 saturated carbocycles. The summed E-state index contributed by atoms with van der Waals surface area (Å²) in [5, 5.41) is 0.921. The molecular weight excluding hydrogens is 469 g/mol. The maximum absolute atomic E-state index is 13.2. The first-order valence-corrected chi connectivity index (χ1v) is 12.0. The van der Waals surface area contributed by atoms with E-state index < -0.39 is 28.1 Å². The lowest BCUT2D eigenvalue weighted by atomic mass is 9.98. The maximum atomic E-state index is 13.2. The van der Waals surface area contributed by atoms with Crippen molar-refractivity contribution >= 4 is 45.3 Å². The zero-order chi connectivity index (χ0) is 22.9. The van der Waals surface area contributed by atoms with Gasteiger partial charge in [-0.05, 0) is 48.9 Å². The molecule has 0 aromatic heterocycles. The van der Waals surface area contributed by atoms with Gasteiger partial charge in [0.15, 0.2) is 0 Å². The Kier molecular flexibility index (Phi) is 6.40. The molecule has 0 amide bonds. The van der Waals surface area contributed by atoms with Gasteiger partial charge in [-0.1, -0.05) is 71.2 Å². The molecule has 1 aliphatic heterocycles. The van der Waals surface area contributed by atoms with E-state index in [9.17, 15) is 13.2 Å². The number of aryl methyl sites for hydroxylation is 1. The van der Waals surface area contributed by atoms with Crippen molar-refractivity contribution in [1.82, 2.24) is 4.72 Å². The van der Waals surface area contributed by atoms with E-state index >= 15 is 0 Å². The molecular formula is C24H19Cl2NO4S. The smallest absolute Gasteiger partial charge is 0.336 e. The van der Waals surface area contributed by atoms with Gasteiger partial charge >= 0.3 is 5.97 Å². The SMILES string of the molecule is Cc1ccc(S(=O)(=O)N[C@H]2/C(=C\c3ccc(Cl)cc3)C(=O)O[C@@H]2c2ccccc2Cl)cc1. The molecule has 4 rings (SSSR count). The average molecular weight is 488 g/mol. The number of hydrogen-bond donors (Lipinski definition) is 1. The van der Waals surface area contributed by atoms with E-state index in [-0.39, 0.29) is 10.5 Å². The molecule has 0 bridgehead atoms. The molecule has 0 radical (unpaired) electrons. The molecule has 1 N–H and O–H groups in total. The molecule has 1 saturated heterocycles. The van der Waals surface area contributed by atoms with E-state index in [0.29, 0.717) is 21.2 Å². The van der Waals surface area contributed by atoms with Gasteiger partial charge in [0.1, 0.15) is 6.10 Å². The van der Waals surface area contributed by atoms with E-state index in [1.807, 2.05) is 6.92 Å². The van der Waals surface area contributed by atoms with Gasteiger partial charge in [0.25, 0.3) is 0 Å². The molecule has 8 heteroatoms. The molecule has 3 aromatic carbocycles. The summed E-state index contributed by atoms with van der Waals surface area (Å²) in [5.41, 5.74) is 2.30. The number of hydrogen-bond acceptors (Lipinski definition) is 4. The van der Waals surface area contributed by atoms with Crippen molar-refractivity contribution in [3.63, 3.8) is 0 Å². The largest absolute Gasteiger partial charge is 0.452 e. The third-order valence-electron chi connectivity index (χ3n) is 5.12. The lowest BCUT2D eigenvalue weighted by Crippen LogP contribution is -2.38. The number of cyclic esters (lactones) is 1. The summed E-state index contributed by atoms with van der Waals surface area (Å²) in [5.74, 6) is -0.624. The highest BCUT2D eigenvalue weighted by atomic mass is 35.5. The number of rotatable bonds is 5. The van der Waals surface area contributed by atoms with E-state index in [1.165, 1.54) is 12.1 Å². The van der Waals surface area contributed by atoms with Crippen LogP contribution in [0.25, 0.3) is 6.08 Å². The van der Waals surface area contributed by atoms with Crippen LogP contribution in [0.5, 0.6) is 0 Å². The van der Waals surface area contributed by atoms with Crippen LogP contribution in [0.1, 0.15) is 22.8 Å². The summed E-state index contributed by atoms with van der Waals surface area (Å²) in [6.45, 7) is 1.87. The lowest BCUT2D eigenvalue weighted by Gasteiger charge is -2.21. The molecule has 1 aliphatic rings. The Hall–Kier alpha value is -2.64. The van der Waals surface area contributed by atoms with Crippen LogP contribution in [0.15, 0.2) is 83.3 Å². The summed E-state index contributed by atoms with van der Waals surface area (Å²) in [6, 6.07) is 19.2. The highest BCUT2D eigenvalue weighted by molar-refractivity contribution is 7.89. The van der Waals surface area contributed by atoms with E-state index in [0.717, 1.165) is 5.56 Å². The summed E-state index contributed by atoms with van der Waals surface area (Å²) < 4.78 is 34.6. The molecule has 2 atom stereocenters. The van der Waals surface area contributed by atoms with Crippen molar-refractivity contribution in [2.24, 2.45) is 0 Å². The van der Waals surface area contributed by atoms with Crippen LogP contribution in [-0.4, -0.2) is 20.4 Å². The fourth-order valence-corrected chi connectivity index (χ4v) is 5.04. The Bertz CT molecular complexity index is 1290. The first-order valence-electron chi connectivity index (χ1n) is 9.76. The predicted octanol–water partition coefficient (Wildman–Crippen LogP) is 5.33. The van der Waals surface area contributed by atoms with E-state index in [4.69, 9.17) is 27.9 Å². The Morgan fingerprint density at radius 2 is 1.59 bits per heavy atom. The third kappa shape index (κ3) is 4.74. The van der Waals surface area contributed by atoms with Crippen LogP contribution < -0.4 is 4.72 Å². The summed E-state index contributed by atoms with van der Waals surface area (Å²) in [6.07, 6.45) is 0.674. The van der Waals surface area contributed by atoms with Crippen LogP contribution >= 0.6 is 23.2 Å². The van der Waals surface area contributed by atoms with Gasteiger partial charge in [-0.25, -0.2) is 13.2 Å². The molecule has 0 unspecified atom stereocenters. The Morgan fingerprint density at radius 3 is 2.25 bits per heavy atom. The lowest BCUT2D eigenvalue weighted by molar-refractivity contribution is -0.139. The minimum Gasteiger partial charge on any atom is -0.452 e. The zero-order valence-corrected chi connectivity index (χ0v) is 19.3. The van der Waals surface area contributed by atoms with Crippen molar-refractivity contribution in [3.05, 3.63) is 105 Å². The van der Waals surface area contributed by atoms with Crippen molar-refractivity contribution < 1.29 is 17.9 Å². The quantitative estimate of drug-likeness (QED) is 0.389. The monoisotopic (exact) mass is 487 g/mol. The summed E-state index contributed by atoms with van der Waals surface area (Å²) in [4.78, 5) is 12.9. The Morgan fingerprint density at radius 1 is 0.938 bits per heavy atom. The first-order chi connectivity index (χ1) is 15.2. The van der Waals surface area contributed by atoms with Crippen molar-refractivity contribution in [2.75, 3.05) is 0 Å². The van der Waals surface area contributed by atoms with Crippen molar-refractivity contribution in [1.29, 1.82) is 0 Å². The fourth-order valence-electron chi connectivity index (χ4n) is 3.46. The van der Waals surface area contributed by atoms with Crippen LogP contribution in [0, 0.1) is 6.92 Å². The normalized spacial score (nSPS) is 19.8. The number of sulfonamides is 1. The number of carbonyl (C=O) groups is 1. The summed E-state index contributed by atoms with van der Waals surface area (Å²) in [7, 11) is -3.96. The second-order valence-electron chi connectivity index (χ2n) is 7.41. The number of carbonyl (C=O) groups excluding carboxylic acids is 1. The van der Waals surface area contributed by atoms with Crippen molar-refractivity contribution in [3.8, 4) is 0 Å². The van der Waals surface area contributed by atoms with Gasteiger partial charge in [0.2, 0.25) is 10.0 Å². The average Bonchev–Trinajstić information content (AvgIpc) is 3.05. The van der Waals surface area contributed by atoms with Crippen LogP contribution in [0.4, 0.5) is 0 Å². The number of halogens is 2. The first kappa shape index (κ1) is 22.6. The van der Waals surface area contributed by atoms with E-state index in [1.54, 1.807) is 66.7 Å². The second-order valence-corrected chi connectivity index (χ2v) is 9.97. The molecule has 1 fully saturated rings. The summed E-state index contributed by atoms with van der Waals surface area (Å²) >= 11 is 12.3. The third-order valence-corrected chi connectivity index (χ3v) is 7.18. The predicted molar refractivity (Wildman–Crippen MR) is 125 cm³/mol. The highest BCUT2D eigenvalue weighted by Crippen LogP contribution is 2.38. The topological polar surface area (TPSA) is 72.5 Å². The van der Waals surface area contributed by atoms with Gasteiger partial charge in [0, 0.05) is 15.6 Å². The number of nitrogens with one attached hydrogen (secondary N) is 1. The number of esters is 1. The molecule has 0 aliphatic carbocycles. The van der Waals surface area contributed by atoms with Gasteiger partial charge in [0.05, 0.1) is 16.5 Å². The minimum atomic E-state index is -3.96. The number of ether oxygens (including phenoxy) is 1. The maximum Gasteiger partial charge on any atom is 0.336 e. The molecule has 32 heavy (non-hydrogen) atoms. The Balaban J connectivity index is 1.78. The fraction of sp³-hybridized carbons (Fsp3) is 0.125. The minimum absolute atomic E-state index is 0.0891. The van der Waals surface area contributed by atoms with Crippen molar-refractivity contribution in [2.45, 2.75) is 24.0 Å². The molecule has 5 nitrogen and oxygen atoms in total. The standard InChI is InChI=1S/C24H19Cl2NO4S/c1-15-6-12-18(13-7-15)32(29,30)27-22-20(14-16-8-10-17(25)11-9-16)24(28)31-23(22)19-4-2-3-5-21(19)26/h2-14,22-23,27H,1H3/b20-14+/t22-,23+/m0/s1. The van der Waals surface area contributed by atoms with Crippen LogP contribution in [0.2, 0.25) is 10.0 Å². The zero-order valence-electron chi connectivity index (χ0n) is 17.0. The van der Waals surface area contributed by atoms with Gasteiger partial charge < -0.3 is 4.74 Å².